The Kier molecular flexibility index (Phi) is 5.23. The van der Waals surface area contributed by atoms with Gasteiger partial charge in [0.25, 0.3) is 5.91 Å². The van der Waals surface area contributed by atoms with Gasteiger partial charge < -0.3 is 5.32 Å². The highest BCUT2D eigenvalue weighted by Gasteiger charge is 2.77. The largest absolute Gasteiger partial charge is 0.441 e. The molecule has 0 saturated heterocycles. The number of hydrogen-bond donors (Lipinski definition) is 1. The third-order valence-corrected chi connectivity index (χ3v) is 3.35. The molecule has 1 rings (SSSR count). The third-order valence-electron chi connectivity index (χ3n) is 2.51. The molecule has 0 aliphatic carbocycles. The van der Waals surface area contributed by atoms with Crippen molar-refractivity contribution < 1.29 is 35.5 Å². The van der Waals surface area contributed by atoms with E-state index < -0.39 is 35.2 Å². The van der Waals surface area contributed by atoms with Gasteiger partial charge in [0.15, 0.2) is 0 Å². The van der Waals surface area contributed by atoms with Crippen LogP contribution < -0.4 is 5.32 Å². The zero-order valence-corrected chi connectivity index (χ0v) is 12.8. The van der Waals surface area contributed by atoms with E-state index in [1.165, 1.54) is 6.07 Å². The van der Waals surface area contributed by atoms with E-state index in [9.17, 15) is 35.5 Å². The van der Waals surface area contributed by atoms with E-state index in [-0.39, 0.29) is 9.50 Å². The maximum Gasteiger partial charge on any atom is 0.441 e. The first kappa shape index (κ1) is 19.5. The molecule has 1 aromatic rings. The van der Waals surface area contributed by atoms with Gasteiger partial charge >= 0.3 is 18.0 Å². The zero-order valence-electron chi connectivity index (χ0n) is 10.4. The van der Waals surface area contributed by atoms with Crippen molar-refractivity contribution in [2.75, 3.05) is 5.32 Å². The molecule has 12 heteroatoms. The van der Waals surface area contributed by atoms with E-state index in [4.69, 9.17) is 16.9 Å². The van der Waals surface area contributed by atoms with Crippen LogP contribution in [0, 0.1) is 11.3 Å². The zero-order chi connectivity index (χ0) is 18.2. The number of alkyl halides is 7. The second-order valence-corrected chi connectivity index (χ2v) is 5.32. The lowest BCUT2D eigenvalue weighted by Crippen LogP contribution is -2.61. The summed E-state index contributed by atoms with van der Waals surface area (Å²) in [7, 11) is 0. The molecular weight excluding hydrogens is 424 g/mol. The number of benzene rings is 1. The van der Waals surface area contributed by atoms with Crippen LogP contribution in [0.1, 0.15) is 5.56 Å². The fourth-order valence-corrected chi connectivity index (χ4v) is 2.32. The first-order valence-corrected chi connectivity index (χ1v) is 6.45. The van der Waals surface area contributed by atoms with Crippen LogP contribution >= 0.6 is 27.5 Å². The smallest absolute Gasteiger partial charge is 0.321 e. The predicted molar refractivity (Wildman–Crippen MR) is 68.4 cm³/mol. The number of amides is 1. The molecule has 1 amide bonds. The summed E-state index contributed by atoms with van der Waals surface area (Å²) >= 11 is 8.24. The summed E-state index contributed by atoms with van der Waals surface area (Å²) in [6, 6.07) is 3.25. The van der Waals surface area contributed by atoms with Gasteiger partial charge in [-0.25, -0.2) is 4.39 Å². The predicted octanol–water partition coefficient (Wildman–Crippen LogP) is 4.75. The van der Waals surface area contributed by atoms with Gasteiger partial charge in [-0.15, -0.1) is 0 Å². The summed E-state index contributed by atoms with van der Waals surface area (Å²) in [5.41, 5.74) is -7.49. The van der Waals surface area contributed by atoms with Crippen molar-refractivity contribution in [1.82, 2.24) is 0 Å². The van der Waals surface area contributed by atoms with Crippen molar-refractivity contribution in [3.63, 3.8) is 0 Å². The Hall–Kier alpha value is -1.54. The standard InChI is InChI=1S/C11H3BrClF7N2O/c12-6-2-5(13)1-4(3-21)7(6)22-8(23)9(14,10(15,16)17)11(18,19)20/h1-2H,(H,22,23). The highest BCUT2D eigenvalue weighted by Crippen LogP contribution is 2.47. The highest BCUT2D eigenvalue weighted by molar-refractivity contribution is 9.10. The SMILES string of the molecule is N#Cc1cc(Cl)cc(Br)c1NC(=O)C(F)(C(F)(F)F)C(F)(F)F. The van der Waals surface area contributed by atoms with Crippen LogP contribution in [0.2, 0.25) is 5.02 Å². The molecule has 0 aromatic heterocycles. The number of halogens is 9. The van der Waals surface area contributed by atoms with Gasteiger partial charge in [0.2, 0.25) is 0 Å². The molecule has 0 aliphatic heterocycles. The molecule has 1 aromatic carbocycles. The van der Waals surface area contributed by atoms with Crippen LogP contribution in [0.4, 0.5) is 36.4 Å². The van der Waals surface area contributed by atoms with Gasteiger partial charge in [0, 0.05) is 9.50 Å². The Morgan fingerprint density at radius 2 is 1.61 bits per heavy atom. The van der Waals surface area contributed by atoms with Gasteiger partial charge in [-0.05, 0) is 28.1 Å². The topological polar surface area (TPSA) is 52.9 Å². The van der Waals surface area contributed by atoms with Gasteiger partial charge in [-0.3, -0.25) is 4.79 Å². The van der Waals surface area contributed by atoms with Gasteiger partial charge in [-0.1, -0.05) is 11.6 Å². The molecule has 23 heavy (non-hydrogen) atoms. The fraction of sp³-hybridized carbons (Fsp3) is 0.273. The lowest BCUT2D eigenvalue weighted by Gasteiger charge is -2.28. The summed E-state index contributed by atoms with van der Waals surface area (Å²) in [4.78, 5) is 11.3. The molecule has 0 unspecified atom stereocenters. The minimum absolute atomic E-state index is 0.0930. The van der Waals surface area contributed by atoms with E-state index in [2.05, 4.69) is 15.9 Å². The first-order chi connectivity index (χ1) is 10.3. The second-order valence-electron chi connectivity index (χ2n) is 4.03. The average Bonchev–Trinajstić information content (AvgIpc) is 2.37. The molecular formula is C11H3BrClF7N2O. The van der Waals surface area contributed by atoms with Gasteiger partial charge in [0.05, 0.1) is 11.3 Å². The number of nitriles is 1. The van der Waals surface area contributed by atoms with Crippen LogP contribution in [0.25, 0.3) is 0 Å². The van der Waals surface area contributed by atoms with Crippen molar-refractivity contribution in [3.8, 4) is 6.07 Å². The van der Waals surface area contributed by atoms with Crippen LogP contribution in [-0.2, 0) is 4.79 Å². The number of carbonyl (C=O) groups excluding carboxylic acids is 1. The highest BCUT2D eigenvalue weighted by atomic mass is 79.9. The number of nitrogens with zero attached hydrogens (tertiary/aromatic N) is 1. The van der Waals surface area contributed by atoms with E-state index >= 15 is 0 Å². The molecule has 0 radical (unpaired) electrons. The number of anilines is 1. The van der Waals surface area contributed by atoms with E-state index in [0.717, 1.165) is 17.4 Å². The maximum atomic E-state index is 13.5. The summed E-state index contributed by atoms with van der Waals surface area (Å²) in [6.45, 7) is 0. The third kappa shape index (κ3) is 3.53. The van der Waals surface area contributed by atoms with Crippen molar-refractivity contribution in [1.29, 1.82) is 5.26 Å². The molecule has 126 valence electrons. The van der Waals surface area contributed by atoms with Crippen molar-refractivity contribution in [3.05, 3.63) is 27.2 Å². The van der Waals surface area contributed by atoms with Crippen molar-refractivity contribution in [2.24, 2.45) is 0 Å². The van der Waals surface area contributed by atoms with E-state index in [1.807, 2.05) is 0 Å². The molecule has 0 bridgehead atoms. The van der Waals surface area contributed by atoms with Gasteiger partial charge in [-0.2, -0.15) is 31.6 Å². The Bertz CT molecular complexity index is 667. The van der Waals surface area contributed by atoms with E-state index in [0.29, 0.717) is 0 Å². The van der Waals surface area contributed by atoms with Gasteiger partial charge in [0.1, 0.15) is 6.07 Å². The Labute approximate surface area is 137 Å². The first-order valence-electron chi connectivity index (χ1n) is 5.28. The minimum atomic E-state index is -6.55. The summed E-state index contributed by atoms with van der Waals surface area (Å²) in [5.74, 6) is -3.03. The van der Waals surface area contributed by atoms with Crippen LogP contribution in [0.3, 0.4) is 0 Å². The number of nitrogens with one attached hydrogen (secondary N) is 1. The van der Waals surface area contributed by atoms with Crippen molar-refractivity contribution in [2.45, 2.75) is 18.0 Å². The normalized spacial score (nSPS) is 12.7. The summed E-state index contributed by atoms with van der Waals surface area (Å²) < 4.78 is 87.9. The van der Waals surface area contributed by atoms with Crippen molar-refractivity contribution >= 4 is 39.1 Å². The molecule has 0 saturated carbocycles. The lowest BCUT2D eigenvalue weighted by molar-refractivity contribution is -0.324. The number of carbonyl (C=O) groups is 1. The Morgan fingerprint density at radius 1 is 1.13 bits per heavy atom. The number of hydrogen-bond acceptors (Lipinski definition) is 2. The van der Waals surface area contributed by atoms with Crippen LogP contribution in [0.15, 0.2) is 16.6 Å². The molecule has 0 heterocycles. The fourth-order valence-electron chi connectivity index (χ4n) is 1.41. The van der Waals surface area contributed by atoms with E-state index in [1.54, 1.807) is 0 Å². The number of rotatable bonds is 2. The minimum Gasteiger partial charge on any atom is -0.321 e. The molecule has 0 fully saturated rings. The summed E-state index contributed by atoms with van der Waals surface area (Å²) in [6.07, 6.45) is -13.1. The quantitative estimate of drug-likeness (QED) is 0.693. The Morgan fingerprint density at radius 3 is 2.00 bits per heavy atom. The maximum absolute atomic E-state index is 13.5. The monoisotopic (exact) mass is 426 g/mol. The second kappa shape index (κ2) is 6.16. The lowest BCUT2D eigenvalue weighted by atomic mass is 10.0. The Balaban J connectivity index is 3.40. The summed E-state index contributed by atoms with van der Waals surface area (Å²) in [5, 5.41) is 9.82. The molecule has 1 N–H and O–H groups in total. The van der Waals surface area contributed by atoms with Crippen LogP contribution in [0.5, 0.6) is 0 Å². The average molecular weight is 428 g/mol. The molecule has 3 nitrogen and oxygen atoms in total. The van der Waals surface area contributed by atoms with Crippen LogP contribution in [-0.4, -0.2) is 23.9 Å². The molecule has 0 spiro atoms. The molecule has 0 atom stereocenters. The molecule has 0 aliphatic rings.